The fourth-order valence-electron chi connectivity index (χ4n) is 2.42. The Balaban J connectivity index is 1.92. The van der Waals surface area contributed by atoms with Gasteiger partial charge in [-0.2, -0.15) is 15.4 Å². The molecule has 94 valence electrons. The van der Waals surface area contributed by atoms with Crippen molar-refractivity contribution in [2.24, 2.45) is 0 Å². The molecule has 0 saturated carbocycles. The Morgan fingerprint density at radius 3 is 3.18 bits per heavy atom. The summed E-state index contributed by atoms with van der Waals surface area (Å²) in [7, 11) is 1.82. The second kappa shape index (κ2) is 5.27. The fraction of sp³-hybridized carbons (Fsp3) is 0.727. The quantitative estimate of drug-likeness (QED) is 0.821. The molecule has 1 unspecified atom stereocenters. The SMILES string of the molecule is CCN1CCCC1CN(C)C(=O)c1cn[nH]n1. The Bertz CT molecular complexity index is 364. The van der Waals surface area contributed by atoms with Gasteiger partial charge in [-0.1, -0.05) is 6.92 Å². The minimum atomic E-state index is -0.0679. The van der Waals surface area contributed by atoms with Crippen LogP contribution in [0.3, 0.4) is 0 Å². The molecule has 1 aliphatic rings. The van der Waals surface area contributed by atoms with E-state index < -0.39 is 0 Å². The molecule has 2 rings (SSSR count). The molecule has 1 N–H and O–H groups in total. The Morgan fingerprint density at radius 1 is 1.71 bits per heavy atom. The number of rotatable bonds is 4. The lowest BCUT2D eigenvalue weighted by atomic mass is 10.2. The average molecular weight is 237 g/mol. The van der Waals surface area contributed by atoms with Crippen LogP contribution in [0.5, 0.6) is 0 Å². The van der Waals surface area contributed by atoms with Gasteiger partial charge < -0.3 is 4.90 Å². The zero-order valence-corrected chi connectivity index (χ0v) is 10.4. The molecule has 0 aromatic carbocycles. The van der Waals surface area contributed by atoms with Crippen molar-refractivity contribution in [3.05, 3.63) is 11.9 Å². The maximum Gasteiger partial charge on any atom is 0.275 e. The van der Waals surface area contributed by atoms with E-state index in [4.69, 9.17) is 0 Å². The van der Waals surface area contributed by atoms with Gasteiger partial charge in [-0.3, -0.25) is 9.69 Å². The van der Waals surface area contributed by atoms with Crippen molar-refractivity contribution < 1.29 is 4.79 Å². The third-order valence-electron chi connectivity index (χ3n) is 3.37. The van der Waals surface area contributed by atoms with Crippen LogP contribution in [0.1, 0.15) is 30.3 Å². The molecule has 1 aliphatic heterocycles. The number of nitrogens with one attached hydrogen (secondary N) is 1. The Hall–Kier alpha value is -1.43. The van der Waals surface area contributed by atoms with Crippen molar-refractivity contribution in [2.45, 2.75) is 25.8 Å². The molecular weight excluding hydrogens is 218 g/mol. The zero-order chi connectivity index (χ0) is 12.3. The number of amides is 1. The lowest BCUT2D eigenvalue weighted by molar-refractivity contribution is 0.0749. The summed E-state index contributed by atoms with van der Waals surface area (Å²) in [6.07, 6.45) is 3.86. The van der Waals surface area contributed by atoms with Crippen molar-refractivity contribution in [2.75, 3.05) is 26.7 Å². The number of H-pyrrole nitrogens is 1. The minimum Gasteiger partial charge on any atom is -0.339 e. The second-order valence-electron chi connectivity index (χ2n) is 4.47. The van der Waals surface area contributed by atoms with E-state index in [0.29, 0.717) is 11.7 Å². The smallest absolute Gasteiger partial charge is 0.275 e. The Labute approximate surface area is 101 Å². The van der Waals surface area contributed by atoms with Gasteiger partial charge in [0.15, 0.2) is 5.69 Å². The summed E-state index contributed by atoms with van der Waals surface area (Å²) in [5.74, 6) is -0.0679. The fourth-order valence-corrected chi connectivity index (χ4v) is 2.42. The lowest BCUT2D eigenvalue weighted by Gasteiger charge is -2.27. The molecule has 1 fully saturated rings. The van der Waals surface area contributed by atoms with Crippen LogP contribution in [0.2, 0.25) is 0 Å². The van der Waals surface area contributed by atoms with Crippen molar-refractivity contribution in [3.8, 4) is 0 Å². The van der Waals surface area contributed by atoms with Crippen LogP contribution in [-0.2, 0) is 0 Å². The summed E-state index contributed by atoms with van der Waals surface area (Å²) in [5.41, 5.74) is 0.383. The van der Waals surface area contributed by atoms with Crippen molar-refractivity contribution in [1.29, 1.82) is 0 Å². The highest BCUT2D eigenvalue weighted by atomic mass is 16.2. The molecule has 0 aliphatic carbocycles. The summed E-state index contributed by atoms with van der Waals surface area (Å²) < 4.78 is 0. The molecule has 1 aromatic heterocycles. The van der Waals surface area contributed by atoms with Crippen LogP contribution in [0.4, 0.5) is 0 Å². The number of nitrogens with zero attached hydrogens (tertiary/aromatic N) is 4. The number of aromatic nitrogens is 3. The second-order valence-corrected chi connectivity index (χ2v) is 4.47. The van der Waals surface area contributed by atoms with Crippen molar-refractivity contribution in [1.82, 2.24) is 25.2 Å². The molecule has 1 aromatic rings. The highest BCUT2D eigenvalue weighted by Gasteiger charge is 2.26. The predicted octanol–water partition coefficient (Wildman–Crippen LogP) is 0.361. The summed E-state index contributed by atoms with van der Waals surface area (Å²) >= 11 is 0. The van der Waals surface area contributed by atoms with E-state index in [1.807, 2.05) is 7.05 Å². The van der Waals surface area contributed by atoms with Gasteiger partial charge in [0.2, 0.25) is 0 Å². The van der Waals surface area contributed by atoms with Gasteiger partial charge in [0.05, 0.1) is 6.20 Å². The molecule has 0 radical (unpaired) electrons. The van der Waals surface area contributed by atoms with E-state index in [9.17, 15) is 4.79 Å². The minimum absolute atomic E-state index is 0.0679. The number of hydrogen-bond donors (Lipinski definition) is 1. The molecule has 1 saturated heterocycles. The molecule has 1 atom stereocenters. The molecule has 17 heavy (non-hydrogen) atoms. The molecule has 1 amide bonds. The first-order valence-corrected chi connectivity index (χ1v) is 6.07. The summed E-state index contributed by atoms with van der Waals surface area (Å²) in [6, 6.07) is 0.487. The molecule has 2 heterocycles. The van der Waals surface area contributed by atoms with Crippen LogP contribution in [0.25, 0.3) is 0 Å². The first-order valence-electron chi connectivity index (χ1n) is 6.07. The van der Waals surface area contributed by atoms with Gasteiger partial charge in [0.1, 0.15) is 0 Å². The number of likely N-dealkylation sites (N-methyl/N-ethyl adjacent to an activating group) is 2. The number of aromatic amines is 1. The molecule has 6 nitrogen and oxygen atoms in total. The Kier molecular flexibility index (Phi) is 3.73. The van der Waals surface area contributed by atoms with Gasteiger partial charge in [-0.25, -0.2) is 0 Å². The molecule has 6 heteroatoms. The largest absolute Gasteiger partial charge is 0.339 e. The number of carbonyl (C=O) groups is 1. The maximum atomic E-state index is 12.0. The van der Waals surface area contributed by atoms with Crippen LogP contribution in [-0.4, -0.2) is 63.8 Å². The first kappa shape index (κ1) is 12.0. The normalized spacial score (nSPS) is 20.7. The highest BCUT2D eigenvalue weighted by Crippen LogP contribution is 2.17. The Morgan fingerprint density at radius 2 is 2.53 bits per heavy atom. The molecular formula is C11H19N5O. The third kappa shape index (κ3) is 2.63. The summed E-state index contributed by atoms with van der Waals surface area (Å²) in [6.45, 7) is 5.13. The van der Waals surface area contributed by atoms with Gasteiger partial charge >= 0.3 is 0 Å². The van der Waals surface area contributed by atoms with E-state index >= 15 is 0 Å². The van der Waals surface area contributed by atoms with Crippen LogP contribution < -0.4 is 0 Å². The number of hydrogen-bond acceptors (Lipinski definition) is 4. The summed E-state index contributed by atoms with van der Waals surface area (Å²) in [4.78, 5) is 16.1. The van der Waals surface area contributed by atoms with Crippen LogP contribution >= 0.6 is 0 Å². The van der Waals surface area contributed by atoms with Gasteiger partial charge in [0, 0.05) is 19.6 Å². The number of likely N-dealkylation sites (tertiary alicyclic amines) is 1. The van der Waals surface area contributed by atoms with Crippen LogP contribution in [0, 0.1) is 0 Å². The van der Waals surface area contributed by atoms with Crippen LogP contribution in [0.15, 0.2) is 6.20 Å². The predicted molar refractivity (Wildman–Crippen MR) is 63.6 cm³/mol. The molecule has 0 spiro atoms. The lowest BCUT2D eigenvalue weighted by Crippen LogP contribution is -2.41. The van der Waals surface area contributed by atoms with Crippen molar-refractivity contribution in [3.63, 3.8) is 0 Å². The standard InChI is InChI=1S/C11H19N5O/c1-3-16-6-4-5-9(16)8-15(2)11(17)10-7-12-14-13-10/h7,9H,3-6,8H2,1-2H3,(H,12,13,14). The summed E-state index contributed by atoms with van der Waals surface area (Å²) in [5, 5.41) is 9.93. The zero-order valence-electron chi connectivity index (χ0n) is 10.4. The van der Waals surface area contributed by atoms with E-state index in [1.54, 1.807) is 4.90 Å². The maximum absolute atomic E-state index is 12.0. The third-order valence-corrected chi connectivity index (χ3v) is 3.37. The van der Waals surface area contributed by atoms with Gasteiger partial charge in [0.25, 0.3) is 5.91 Å². The van der Waals surface area contributed by atoms with Gasteiger partial charge in [-0.05, 0) is 25.9 Å². The van der Waals surface area contributed by atoms with E-state index in [-0.39, 0.29) is 5.91 Å². The number of carbonyl (C=O) groups excluding carboxylic acids is 1. The first-order chi connectivity index (χ1) is 8.22. The van der Waals surface area contributed by atoms with Crippen molar-refractivity contribution >= 4 is 5.91 Å². The van der Waals surface area contributed by atoms with E-state index in [0.717, 1.165) is 19.6 Å². The highest BCUT2D eigenvalue weighted by molar-refractivity contribution is 5.91. The topological polar surface area (TPSA) is 65.1 Å². The average Bonchev–Trinajstić information content (AvgIpc) is 2.98. The molecule has 0 bridgehead atoms. The van der Waals surface area contributed by atoms with E-state index in [2.05, 4.69) is 27.2 Å². The van der Waals surface area contributed by atoms with E-state index in [1.165, 1.54) is 19.0 Å². The van der Waals surface area contributed by atoms with Gasteiger partial charge in [-0.15, -0.1) is 0 Å². The monoisotopic (exact) mass is 237 g/mol.